The molecule has 6 nitrogen and oxygen atoms in total. The second kappa shape index (κ2) is 16.3. The summed E-state index contributed by atoms with van der Waals surface area (Å²) in [6.07, 6.45) is 0. The molecule has 0 amide bonds. The van der Waals surface area contributed by atoms with Crippen LogP contribution in [0.4, 0.5) is 0 Å². The van der Waals surface area contributed by atoms with Crippen LogP contribution in [0.1, 0.15) is 0 Å². The van der Waals surface area contributed by atoms with Crippen molar-refractivity contribution in [1.29, 1.82) is 0 Å². The van der Waals surface area contributed by atoms with E-state index in [0.29, 0.717) is 11.8 Å². The molecule has 0 N–H and O–H groups in total. The van der Waals surface area contributed by atoms with Crippen LogP contribution < -0.4 is 0 Å². The number of hydrogen-bond acceptors (Lipinski definition) is 4. The van der Waals surface area contributed by atoms with Gasteiger partial charge in [-0.25, -0.2) is 19.9 Å². The van der Waals surface area contributed by atoms with Gasteiger partial charge in [-0.2, -0.15) is 0 Å². The zero-order chi connectivity index (χ0) is 45.0. The van der Waals surface area contributed by atoms with Crippen molar-refractivity contribution < 1.29 is 0 Å². The van der Waals surface area contributed by atoms with E-state index >= 15 is 0 Å². The normalized spacial score (nSPS) is 11.5. The second-order valence-electron chi connectivity index (χ2n) is 17.1. The monoisotopic (exact) mass is 868 g/mol. The number of fused-ring (bicyclic) bond motifs is 6. The van der Waals surface area contributed by atoms with Crippen molar-refractivity contribution in [3.63, 3.8) is 0 Å². The molecule has 0 aliphatic carbocycles. The van der Waals surface area contributed by atoms with E-state index in [4.69, 9.17) is 19.9 Å². The summed E-state index contributed by atoms with van der Waals surface area (Å²) in [6.45, 7) is 0. The minimum absolute atomic E-state index is 0.592. The van der Waals surface area contributed by atoms with E-state index in [0.717, 1.165) is 89.2 Å². The fourth-order valence-corrected chi connectivity index (χ4v) is 9.70. The van der Waals surface area contributed by atoms with Crippen molar-refractivity contribution in [2.24, 2.45) is 0 Å². The van der Waals surface area contributed by atoms with Crippen molar-refractivity contribution >= 4 is 43.6 Å². The standard InChI is InChI=1S/C62H40N6/c1-6-18-41(19-7-1)53-39-54(42-20-8-2-9-21-42)64-61(63-53)47-32-35-60-52(38-47)51-37-46(45-30-33-58-50(36-45)49-28-16-17-29-57(49)67(58)48-26-14-5-15-27-48)31-34-59(51)68(60)62-65-55(43-22-10-3-11-23-43)40-56(66-62)44-24-12-4-13-25-44/h1-40H. The quantitative estimate of drug-likeness (QED) is 0.153. The average molecular weight is 869 g/mol. The highest BCUT2D eigenvalue weighted by molar-refractivity contribution is 6.13. The van der Waals surface area contributed by atoms with Crippen molar-refractivity contribution in [2.75, 3.05) is 0 Å². The molecule has 13 rings (SSSR count). The minimum Gasteiger partial charge on any atom is -0.309 e. The first-order valence-electron chi connectivity index (χ1n) is 22.9. The highest BCUT2D eigenvalue weighted by atomic mass is 15.2. The van der Waals surface area contributed by atoms with Crippen molar-refractivity contribution in [2.45, 2.75) is 0 Å². The van der Waals surface area contributed by atoms with Crippen LogP contribution in [0, 0.1) is 0 Å². The molecule has 4 heterocycles. The molecule has 0 atom stereocenters. The summed E-state index contributed by atoms with van der Waals surface area (Å²) >= 11 is 0. The smallest absolute Gasteiger partial charge is 0.235 e. The number of nitrogens with zero attached hydrogens (tertiary/aromatic N) is 6. The van der Waals surface area contributed by atoms with Gasteiger partial charge in [0, 0.05) is 55.0 Å². The molecule has 0 fully saturated rings. The van der Waals surface area contributed by atoms with Gasteiger partial charge in [0.05, 0.1) is 44.8 Å². The van der Waals surface area contributed by atoms with Gasteiger partial charge in [-0.1, -0.05) is 170 Å². The Labute approximate surface area is 392 Å². The summed E-state index contributed by atoms with van der Waals surface area (Å²) in [6, 6.07) is 85.0. The zero-order valence-electron chi connectivity index (χ0n) is 36.8. The molecular weight excluding hydrogens is 829 g/mol. The Morgan fingerprint density at radius 1 is 0.235 bits per heavy atom. The molecule has 0 saturated carbocycles. The Balaban J connectivity index is 1.05. The minimum atomic E-state index is 0.592. The van der Waals surface area contributed by atoms with E-state index in [9.17, 15) is 0 Å². The van der Waals surface area contributed by atoms with Gasteiger partial charge in [-0.3, -0.25) is 4.57 Å². The number of hydrogen-bond donors (Lipinski definition) is 0. The molecule has 0 saturated heterocycles. The Kier molecular flexibility index (Phi) is 9.39. The highest BCUT2D eigenvalue weighted by Crippen LogP contribution is 2.40. The molecule has 4 aromatic heterocycles. The zero-order valence-corrected chi connectivity index (χ0v) is 36.8. The maximum atomic E-state index is 5.34. The van der Waals surface area contributed by atoms with Crippen molar-refractivity contribution in [3.8, 4) is 79.2 Å². The summed E-state index contributed by atoms with van der Waals surface area (Å²) in [7, 11) is 0. The predicted octanol–water partition coefficient (Wildman–Crippen LogP) is 15.5. The summed E-state index contributed by atoms with van der Waals surface area (Å²) < 4.78 is 4.57. The fraction of sp³-hybridized carbons (Fsp3) is 0. The molecule has 68 heavy (non-hydrogen) atoms. The maximum Gasteiger partial charge on any atom is 0.235 e. The second-order valence-corrected chi connectivity index (χ2v) is 17.1. The first-order valence-corrected chi connectivity index (χ1v) is 22.9. The van der Waals surface area contributed by atoms with E-state index in [1.807, 2.05) is 24.3 Å². The van der Waals surface area contributed by atoms with Crippen LogP contribution in [0.5, 0.6) is 0 Å². The van der Waals surface area contributed by atoms with Gasteiger partial charge in [-0.15, -0.1) is 0 Å². The van der Waals surface area contributed by atoms with Gasteiger partial charge >= 0.3 is 0 Å². The lowest BCUT2D eigenvalue weighted by atomic mass is 10.00. The Morgan fingerprint density at radius 3 is 1.07 bits per heavy atom. The molecule has 0 radical (unpaired) electrons. The molecule has 318 valence electrons. The van der Waals surface area contributed by atoms with Crippen LogP contribution in [0.15, 0.2) is 243 Å². The molecule has 0 aliphatic heterocycles. The van der Waals surface area contributed by atoms with E-state index in [1.165, 1.54) is 21.8 Å². The number of para-hydroxylation sites is 2. The SMILES string of the molecule is c1ccc(-c2cc(-c3ccccc3)nc(-c3ccc4c(c3)c3cc(-c5ccc6c(c5)c5ccccc5n6-c5ccccc5)ccc3n4-c3nc(-c4ccccc4)cc(-c4ccccc4)n3)n2)cc1. The molecule has 0 spiro atoms. The third-order valence-corrected chi connectivity index (χ3v) is 13.0. The largest absolute Gasteiger partial charge is 0.309 e. The Hall–Kier alpha value is -9.26. The third kappa shape index (κ3) is 6.82. The van der Waals surface area contributed by atoms with Crippen LogP contribution >= 0.6 is 0 Å². The van der Waals surface area contributed by atoms with Crippen LogP contribution in [0.3, 0.4) is 0 Å². The summed E-state index contributed by atoms with van der Waals surface area (Å²) in [5.41, 5.74) is 16.1. The fourth-order valence-electron chi connectivity index (χ4n) is 9.70. The molecular formula is C62H40N6. The van der Waals surface area contributed by atoms with E-state index < -0.39 is 0 Å². The molecule has 6 heteroatoms. The van der Waals surface area contributed by atoms with Gasteiger partial charge in [0.25, 0.3) is 0 Å². The predicted molar refractivity (Wildman–Crippen MR) is 279 cm³/mol. The summed E-state index contributed by atoms with van der Waals surface area (Å²) in [5, 5.41) is 4.54. The highest BCUT2D eigenvalue weighted by Gasteiger charge is 2.21. The van der Waals surface area contributed by atoms with E-state index in [-0.39, 0.29) is 0 Å². The summed E-state index contributed by atoms with van der Waals surface area (Å²) in [4.78, 5) is 21.2. The van der Waals surface area contributed by atoms with Crippen LogP contribution in [-0.4, -0.2) is 29.1 Å². The topological polar surface area (TPSA) is 61.4 Å². The molecule has 0 aliphatic rings. The van der Waals surface area contributed by atoms with Gasteiger partial charge in [-0.05, 0) is 83.9 Å². The first-order chi connectivity index (χ1) is 33.7. The molecule has 0 unspecified atom stereocenters. The van der Waals surface area contributed by atoms with E-state index in [2.05, 4.69) is 228 Å². The van der Waals surface area contributed by atoms with Crippen molar-refractivity contribution in [1.82, 2.24) is 29.1 Å². The van der Waals surface area contributed by atoms with Gasteiger partial charge in [0.15, 0.2) is 5.82 Å². The Bertz CT molecular complexity index is 3880. The van der Waals surface area contributed by atoms with Gasteiger partial charge in [0.2, 0.25) is 5.95 Å². The van der Waals surface area contributed by atoms with Crippen LogP contribution in [0.25, 0.3) is 123 Å². The lowest BCUT2D eigenvalue weighted by Gasteiger charge is -2.12. The molecule has 0 bridgehead atoms. The molecule has 9 aromatic carbocycles. The van der Waals surface area contributed by atoms with Crippen LogP contribution in [0.2, 0.25) is 0 Å². The van der Waals surface area contributed by atoms with Crippen molar-refractivity contribution in [3.05, 3.63) is 243 Å². The number of benzene rings is 9. The van der Waals surface area contributed by atoms with E-state index in [1.54, 1.807) is 0 Å². The average Bonchev–Trinajstić information content (AvgIpc) is 3.93. The number of aromatic nitrogens is 6. The third-order valence-electron chi connectivity index (χ3n) is 13.0. The van der Waals surface area contributed by atoms with Gasteiger partial charge < -0.3 is 4.57 Å². The van der Waals surface area contributed by atoms with Crippen LogP contribution in [-0.2, 0) is 0 Å². The van der Waals surface area contributed by atoms with Gasteiger partial charge in [0.1, 0.15) is 0 Å². The molecule has 13 aromatic rings. The maximum absolute atomic E-state index is 5.34. The summed E-state index contributed by atoms with van der Waals surface area (Å²) in [5.74, 6) is 1.24. The Morgan fingerprint density at radius 2 is 0.588 bits per heavy atom. The number of rotatable bonds is 8. The lowest BCUT2D eigenvalue weighted by molar-refractivity contribution is 0.995. The lowest BCUT2D eigenvalue weighted by Crippen LogP contribution is -2.04. The first kappa shape index (κ1) is 39.1.